The molecule has 0 aliphatic carbocycles. The van der Waals surface area contributed by atoms with Crippen molar-refractivity contribution in [1.29, 1.82) is 0 Å². The van der Waals surface area contributed by atoms with Crippen LogP contribution in [0.4, 0.5) is 0 Å². The number of aliphatic hydroxyl groups is 1. The van der Waals surface area contributed by atoms with Crippen LogP contribution in [0.3, 0.4) is 0 Å². The quantitative estimate of drug-likeness (QED) is 0.477. The van der Waals surface area contributed by atoms with E-state index in [4.69, 9.17) is 5.73 Å². The molecule has 1 fully saturated rings. The van der Waals surface area contributed by atoms with Crippen LogP contribution in [0.25, 0.3) is 0 Å². The largest absolute Gasteiger partial charge is 0.387 e. The van der Waals surface area contributed by atoms with E-state index in [1.165, 1.54) is 0 Å². The van der Waals surface area contributed by atoms with Crippen molar-refractivity contribution in [2.45, 2.75) is 25.0 Å². The van der Waals surface area contributed by atoms with Crippen LogP contribution in [0.2, 0.25) is 0 Å². The predicted octanol–water partition coefficient (Wildman–Crippen LogP) is -0.600. The fraction of sp³-hybridized carbons (Fsp3) is 1.00. The van der Waals surface area contributed by atoms with Crippen LogP contribution < -0.4 is 5.73 Å². The average molecular weight is 144 g/mol. The summed E-state index contributed by atoms with van der Waals surface area (Å²) in [6, 6.07) is -0.0521. The molecule has 1 saturated heterocycles. The van der Waals surface area contributed by atoms with Gasteiger partial charge in [-0.3, -0.25) is 0 Å². The third-order valence-electron chi connectivity index (χ3n) is 2.21. The minimum absolute atomic E-state index is 0.0521. The number of piperidine rings is 1. The highest BCUT2D eigenvalue weighted by Crippen LogP contribution is 2.17. The lowest BCUT2D eigenvalue weighted by atomic mass is 9.90. The van der Waals surface area contributed by atoms with Gasteiger partial charge in [-0.2, -0.15) is 0 Å². The zero-order chi connectivity index (χ0) is 7.78. The summed E-state index contributed by atoms with van der Waals surface area (Å²) in [5.41, 5.74) is 5.01. The van der Waals surface area contributed by atoms with E-state index < -0.39 is 5.60 Å². The molecule has 3 heteroatoms. The summed E-state index contributed by atoms with van der Waals surface area (Å²) in [4.78, 5) is 2.10. The highest BCUT2D eigenvalue weighted by molar-refractivity contribution is 4.91. The summed E-state index contributed by atoms with van der Waals surface area (Å²) in [5.74, 6) is 0. The number of hydrogen-bond acceptors (Lipinski definition) is 3. The van der Waals surface area contributed by atoms with Crippen LogP contribution in [-0.4, -0.2) is 41.8 Å². The first-order valence-electron chi connectivity index (χ1n) is 3.69. The van der Waals surface area contributed by atoms with E-state index in [-0.39, 0.29) is 6.04 Å². The Morgan fingerprint density at radius 2 is 2.30 bits per heavy atom. The molecule has 0 bridgehead atoms. The van der Waals surface area contributed by atoms with Gasteiger partial charge in [-0.25, -0.2) is 0 Å². The third kappa shape index (κ3) is 1.48. The molecular formula is C7H16N2O. The number of hydrogen-bond donors (Lipinski definition) is 2. The van der Waals surface area contributed by atoms with Gasteiger partial charge in [-0.15, -0.1) is 0 Å². The predicted molar refractivity (Wildman–Crippen MR) is 40.7 cm³/mol. The van der Waals surface area contributed by atoms with E-state index in [2.05, 4.69) is 4.90 Å². The standard InChI is InChI=1S/C7H16N2O/c1-7(10)5-9(2)4-3-6(7)8/h6,10H,3-5,8H2,1-2H3/t6-,7-/m1/s1. The molecule has 10 heavy (non-hydrogen) atoms. The second-order valence-electron chi connectivity index (χ2n) is 3.49. The molecule has 0 spiro atoms. The maximum Gasteiger partial charge on any atom is 0.0896 e. The summed E-state index contributed by atoms with van der Waals surface area (Å²) in [7, 11) is 2.00. The summed E-state index contributed by atoms with van der Waals surface area (Å²) in [6.45, 7) is 3.48. The first-order chi connectivity index (χ1) is 4.52. The molecule has 1 rings (SSSR count). The van der Waals surface area contributed by atoms with Gasteiger partial charge in [-0.1, -0.05) is 0 Å². The van der Waals surface area contributed by atoms with Crippen molar-refractivity contribution in [2.24, 2.45) is 5.73 Å². The first kappa shape index (κ1) is 7.98. The van der Waals surface area contributed by atoms with Gasteiger partial charge >= 0.3 is 0 Å². The van der Waals surface area contributed by atoms with Crippen molar-refractivity contribution in [1.82, 2.24) is 4.90 Å². The molecule has 0 unspecified atom stereocenters. The van der Waals surface area contributed by atoms with E-state index in [0.717, 1.165) is 13.0 Å². The minimum Gasteiger partial charge on any atom is -0.387 e. The van der Waals surface area contributed by atoms with Crippen molar-refractivity contribution in [3.8, 4) is 0 Å². The van der Waals surface area contributed by atoms with Crippen LogP contribution >= 0.6 is 0 Å². The highest BCUT2D eigenvalue weighted by atomic mass is 16.3. The number of likely N-dealkylation sites (N-methyl/N-ethyl adjacent to an activating group) is 1. The lowest BCUT2D eigenvalue weighted by Crippen LogP contribution is -2.57. The number of nitrogens with two attached hydrogens (primary N) is 1. The Hall–Kier alpha value is -0.120. The lowest BCUT2D eigenvalue weighted by molar-refractivity contribution is -0.0239. The Morgan fingerprint density at radius 3 is 2.70 bits per heavy atom. The highest BCUT2D eigenvalue weighted by Gasteiger charge is 2.33. The smallest absolute Gasteiger partial charge is 0.0896 e. The van der Waals surface area contributed by atoms with E-state index in [0.29, 0.717) is 6.54 Å². The SMILES string of the molecule is CN1CC[C@@H](N)[C@](C)(O)C1. The fourth-order valence-electron chi connectivity index (χ4n) is 1.41. The molecule has 3 nitrogen and oxygen atoms in total. The van der Waals surface area contributed by atoms with Gasteiger partial charge in [0, 0.05) is 12.6 Å². The van der Waals surface area contributed by atoms with Crippen LogP contribution in [0.5, 0.6) is 0 Å². The van der Waals surface area contributed by atoms with E-state index >= 15 is 0 Å². The molecule has 0 radical (unpaired) electrons. The summed E-state index contributed by atoms with van der Waals surface area (Å²) >= 11 is 0. The maximum atomic E-state index is 9.65. The Labute approximate surface area is 61.8 Å². The van der Waals surface area contributed by atoms with Gasteiger partial charge in [0.15, 0.2) is 0 Å². The van der Waals surface area contributed by atoms with Gasteiger partial charge < -0.3 is 15.7 Å². The average Bonchev–Trinajstić information content (AvgIpc) is 1.78. The lowest BCUT2D eigenvalue weighted by Gasteiger charge is -2.39. The van der Waals surface area contributed by atoms with E-state index in [1.54, 1.807) is 6.92 Å². The van der Waals surface area contributed by atoms with Gasteiger partial charge in [0.2, 0.25) is 0 Å². The van der Waals surface area contributed by atoms with Crippen molar-refractivity contribution < 1.29 is 5.11 Å². The molecule has 0 aromatic rings. The summed E-state index contributed by atoms with van der Waals surface area (Å²) < 4.78 is 0. The van der Waals surface area contributed by atoms with Crippen molar-refractivity contribution in [3.05, 3.63) is 0 Å². The molecule has 3 N–H and O–H groups in total. The van der Waals surface area contributed by atoms with Gasteiger partial charge in [-0.05, 0) is 26.9 Å². The third-order valence-corrected chi connectivity index (χ3v) is 2.21. The second-order valence-corrected chi connectivity index (χ2v) is 3.49. The Kier molecular flexibility index (Phi) is 1.99. The minimum atomic E-state index is -0.688. The van der Waals surface area contributed by atoms with E-state index in [1.807, 2.05) is 7.05 Å². The zero-order valence-corrected chi connectivity index (χ0v) is 6.67. The first-order valence-corrected chi connectivity index (χ1v) is 3.69. The van der Waals surface area contributed by atoms with Crippen LogP contribution in [-0.2, 0) is 0 Å². The zero-order valence-electron chi connectivity index (χ0n) is 6.67. The molecule has 1 aliphatic rings. The van der Waals surface area contributed by atoms with Crippen LogP contribution in [0, 0.1) is 0 Å². The Balaban J connectivity index is 2.55. The van der Waals surface area contributed by atoms with Gasteiger partial charge in [0.1, 0.15) is 0 Å². The number of likely N-dealkylation sites (tertiary alicyclic amines) is 1. The monoisotopic (exact) mass is 144 g/mol. The number of β-amino-alcohol motifs (C(OH)–C–C–N with tert-alkyl or cyclic N) is 1. The summed E-state index contributed by atoms with van der Waals surface area (Å²) in [6.07, 6.45) is 0.892. The molecule has 0 amide bonds. The van der Waals surface area contributed by atoms with Crippen molar-refractivity contribution in [3.63, 3.8) is 0 Å². The molecule has 2 atom stereocenters. The van der Waals surface area contributed by atoms with Crippen molar-refractivity contribution in [2.75, 3.05) is 20.1 Å². The van der Waals surface area contributed by atoms with Gasteiger partial charge in [0.05, 0.1) is 5.60 Å². The Morgan fingerprint density at radius 1 is 1.70 bits per heavy atom. The van der Waals surface area contributed by atoms with Crippen LogP contribution in [0.1, 0.15) is 13.3 Å². The summed E-state index contributed by atoms with van der Waals surface area (Å²) in [5, 5.41) is 9.65. The molecule has 60 valence electrons. The van der Waals surface area contributed by atoms with Crippen LogP contribution in [0.15, 0.2) is 0 Å². The normalized spacial score (nSPS) is 43.8. The molecule has 0 aromatic heterocycles. The molecule has 0 aromatic carbocycles. The molecule has 1 heterocycles. The van der Waals surface area contributed by atoms with Gasteiger partial charge in [0.25, 0.3) is 0 Å². The van der Waals surface area contributed by atoms with E-state index in [9.17, 15) is 5.11 Å². The molecule has 0 saturated carbocycles. The Bertz CT molecular complexity index is 125. The van der Waals surface area contributed by atoms with Crippen molar-refractivity contribution >= 4 is 0 Å². The second kappa shape index (κ2) is 2.49. The fourth-order valence-corrected chi connectivity index (χ4v) is 1.41. The number of nitrogens with zero attached hydrogens (tertiary/aromatic N) is 1. The topological polar surface area (TPSA) is 49.5 Å². The maximum absolute atomic E-state index is 9.65. The molecular weight excluding hydrogens is 128 g/mol. The molecule has 1 aliphatic heterocycles. The number of rotatable bonds is 0.